The lowest BCUT2D eigenvalue weighted by Crippen LogP contribution is -2.37. The van der Waals surface area contributed by atoms with Crippen molar-refractivity contribution in [1.29, 1.82) is 0 Å². The molecule has 7 nitrogen and oxygen atoms in total. The topological polar surface area (TPSA) is 76.7 Å². The van der Waals surface area contributed by atoms with Gasteiger partial charge in [-0.3, -0.25) is 9.69 Å². The second-order valence-electron chi connectivity index (χ2n) is 5.50. The van der Waals surface area contributed by atoms with Crippen LogP contribution in [0.5, 0.6) is 11.5 Å². The maximum atomic E-state index is 12.0. The number of H-pyrrole nitrogens is 1. The molecule has 2 heterocycles. The molecular weight excluding hydrogens is 334 g/mol. The standard InChI is InChI=1S/C16H20ClN3O4/c1-22-12-9-11-13(16(21)19-10-18-11)14(17)15(12)24-6-2-3-20-4-7-23-8-5-20/h9-10H,2-8H2,1H3,(H,18,19,21). The van der Waals surface area contributed by atoms with E-state index in [0.29, 0.717) is 29.0 Å². The van der Waals surface area contributed by atoms with Crippen LogP contribution in [0, 0.1) is 0 Å². The molecule has 1 fully saturated rings. The van der Waals surface area contributed by atoms with Gasteiger partial charge in [-0.05, 0) is 6.42 Å². The number of hydrogen-bond acceptors (Lipinski definition) is 6. The number of nitrogens with zero attached hydrogens (tertiary/aromatic N) is 2. The normalized spacial score (nSPS) is 15.6. The van der Waals surface area contributed by atoms with E-state index in [9.17, 15) is 4.79 Å². The van der Waals surface area contributed by atoms with E-state index in [4.69, 9.17) is 25.8 Å². The number of ether oxygens (including phenoxy) is 3. The van der Waals surface area contributed by atoms with Gasteiger partial charge in [-0.2, -0.15) is 0 Å². The van der Waals surface area contributed by atoms with Gasteiger partial charge in [0, 0.05) is 25.7 Å². The van der Waals surface area contributed by atoms with Crippen molar-refractivity contribution in [1.82, 2.24) is 14.9 Å². The largest absolute Gasteiger partial charge is 0.493 e. The summed E-state index contributed by atoms with van der Waals surface area (Å²) in [6.07, 6.45) is 2.18. The van der Waals surface area contributed by atoms with Gasteiger partial charge in [-0.25, -0.2) is 4.98 Å². The van der Waals surface area contributed by atoms with E-state index in [1.807, 2.05) is 0 Å². The van der Waals surface area contributed by atoms with Crippen LogP contribution in [0.3, 0.4) is 0 Å². The number of nitrogens with one attached hydrogen (secondary N) is 1. The van der Waals surface area contributed by atoms with E-state index >= 15 is 0 Å². The molecule has 0 unspecified atom stereocenters. The minimum Gasteiger partial charge on any atom is -0.493 e. The van der Waals surface area contributed by atoms with Crippen molar-refractivity contribution in [2.45, 2.75) is 6.42 Å². The third-order valence-corrected chi connectivity index (χ3v) is 4.34. The van der Waals surface area contributed by atoms with E-state index in [1.165, 1.54) is 13.4 Å². The summed E-state index contributed by atoms with van der Waals surface area (Å²) in [4.78, 5) is 21.0. The van der Waals surface area contributed by atoms with Crippen LogP contribution >= 0.6 is 11.6 Å². The lowest BCUT2D eigenvalue weighted by Gasteiger charge is -2.26. The monoisotopic (exact) mass is 353 g/mol. The number of rotatable bonds is 6. The van der Waals surface area contributed by atoms with Gasteiger partial charge in [0.05, 0.1) is 44.2 Å². The Bertz CT molecular complexity index is 759. The number of hydrogen-bond donors (Lipinski definition) is 1. The number of aromatic nitrogens is 2. The molecule has 8 heteroatoms. The van der Waals surface area contributed by atoms with Crippen molar-refractivity contribution in [2.24, 2.45) is 0 Å². The minimum atomic E-state index is -0.300. The van der Waals surface area contributed by atoms with Crippen molar-refractivity contribution in [3.05, 3.63) is 27.8 Å². The number of fused-ring (bicyclic) bond motifs is 1. The van der Waals surface area contributed by atoms with Gasteiger partial charge >= 0.3 is 0 Å². The van der Waals surface area contributed by atoms with Gasteiger partial charge in [-0.1, -0.05) is 11.6 Å². The molecule has 0 aliphatic carbocycles. The highest BCUT2D eigenvalue weighted by Crippen LogP contribution is 2.39. The highest BCUT2D eigenvalue weighted by atomic mass is 35.5. The van der Waals surface area contributed by atoms with Crippen LogP contribution in [0.15, 0.2) is 17.2 Å². The van der Waals surface area contributed by atoms with E-state index in [1.54, 1.807) is 6.07 Å². The maximum Gasteiger partial charge on any atom is 0.260 e. The fraction of sp³-hybridized carbons (Fsp3) is 0.500. The Morgan fingerprint density at radius 3 is 2.96 bits per heavy atom. The third-order valence-electron chi connectivity index (χ3n) is 3.98. The fourth-order valence-electron chi connectivity index (χ4n) is 2.72. The molecule has 1 saturated heterocycles. The highest BCUT2D eigenvalue weighted by molar-refractivity contribution is 6.37. The molecule has 0 spiro atoms. The van der Waals surface area contributed by atoms with Crippen LogP contribution in [0.1, 0.15) is 6.42 Å². The summed E-state index contributed by atoms with van der Waals surface area (Å²) in [7, 11) is 1.53. The zero-order valence-corrected chi connectivity index (χ0v) is 14.3. The summed E-state index contributed by atoms with van der Waals surface area (Å²) < 4.78 is 16.5. The Hall–Kier alpha value is -1.83. The zero-order chi connectivity index (χ0) is 16.9. The van der Waals surface area contributed by atoms with Crippen molar-refractivity contribution in [3.63, 3.8) is 0 Å². The van der Waals surface area contributed by atoms with Crippen molar-refractivity contribution < 1.29 is 14.2 Å². The Morgan fingerprint density at radius 2 is 2.21 bits per heavy atom. The minimum absolute atomic E-state index is 0.227. The first-order valence-electron chi connectivity index (χ1n) is 7.87. The molecule has 1 aromatic carbocycles. The predicted octanol–water partition coefficient (Wildman–Crippen LogP) is 1.69. The molecule has 1 N–H and O–H groups in total. The lowest BCUT2D eigenvalue weighted by molar-refractivity contribution is 0.0357. The predicted molar refractivity (Wildman–Crippen MR) is 91.3 cm³/mol. The molecule has 2 aromatic rings. The average Bonchev–Trinajstić information content (AvgIpc) is 2.60. The summed E-state index contributed by atoms with van der Waals surface area (Å²) in [5.74, 6) is 0.851. The fourth-order valence-corrected chi connectivity index (χ4v) is 3.05. The van der Waals surface area contributed by atoms with Crippen LogP contribution < -0.4 is 15.0 Å². The quantitative estimate of drug-likeness (QED) is 0.796. The molecule has 0 atom stereocenters. The van der Waals surface area contributed by atoms with Crippen molar-refractivity contribution in [3.8, 4) is 11.5 Å². The number of benzene rings is 1. The molecule has 0 bridgehead atoms. The summed E-state index contributed by atoms with van der Waals surface area (Å²) in [5.41, 5.74) is 0.173. The number of methoxy groups -OCH3 is 1. The number of halogens is 1. The first-order valence-corrected chi connectivity index (χ1v) is 8.25. The molecular formula is C16H20ClN3O4. The molecule has 0 radical (unpaired) electrons. The lowest BCUT2D eigenvalue weighted by atomic mass is 10.2. The Kier molecular flexibility index (Phi) is 5.55. The van der Waals surface area contributed by atoms with Gasteiger partial charge < -0.3 is 19.2 Å². The molecule has 1 aliphatic heterocycles. The zero-order valence-electron chi connectivity index (χ0n) is 13.5. The first-order chi connectivity index (χ1) is 11.7. The van der Waals surface area contributed by atoms with E-state index < -0.39 is 0 Å². The molecule has 1 aromatic heterocycles. The van der Waals surface area contributed by atoms with Crippen molar-refractivity contribution in [2.75, 3.05) is 46.6 Å². The average molecular weight is 354 g/mol. The Morgan fingerprint density at radius 1 is 1.42 bits per heavy atom. The van der Waals surface area contributed by atoms with Crippen LogP contribution in [-0.4, -0.2) is 61.4 Å². The van der Waals surface area contributed by atoms with Gasteiger partial charge in [0.15, 0.2) is 11.5 Å². The SMILES string of the molecule is COc1cc2nc[nH]c(=O)c2c(Cl)c1OCCCN1CCOCC1. The maximum absolute atomic E-state index is 12.0. The van der Waals surface area contributed by atoms with Gasteiger partial charge in [0.25, 0.3) is 5.56 Å². The summed E-state index contributed by atoms with van der Waals surface area (Å²) in [5, 5.41) is 0.535. The van der Waals surface area contributed by atoms with E-state index in [0.717, 1.165) is 39.3 Å². The highest BCUT2D eigenvalue weighted by Gasteiger charge is 2.17. The summed E-state index contributed by atoms with van der Waals surface area (Å²) in [6, 6.07) is 1.66. The third kappa shape index (κ3) is 3.63. The van der Waals surface area contributed by atoms with Crippen molar-refractivity contribution >= 4 is 22.5 Å². The molecule has 130 valence electrons. The van der Waals surface area contributed by atoms with Crippen LogP contribution in [-0.2, 0) is 4.74 Å². The molecule has 3 rings (SSSR count). The van der Waals surface area contributed by atoms with Gasteiger partial charge in [0.2, 0.25) is 0 Å². The van der Waals surface area contributed by atoms with E-state index in [2.05, 4.69) is 14.9 Å². The molecule has 1 aliphatic rings. The number of morpholine rings is 1. The van der Waals surface area contributed by atoms with Gasteiger partial charge in [0.1, 0.15) is 5.02 Å². The molecule has 24 heavy (non-hydrogen) atoms. The van der Waals surface area contributed by atoms with Crippen LogP contribution in [0.4, 0.5) is 0 Å². The second-order valence-corrected chi connectivity index (χ2v) is 5.88. The van der Waals surface area contributed by atoms with E-state index in [-0.39, 0.29) is 10.6 Å². The summed E-state index contributed by atoms with van der Waals surface area (Å²) >= 11 is 6.37. The smallest absolute Gasteiger partial charge is 0.260 e. The van der Waals surface area contributed by atoms with Crippen LogP contribution in [0.2, 0.25) is 5.02 Å². The Balaban J connectivity index is 1.72. The molecule has 0 saturated carbocycles. The van der Waals surface area contributed by atoms with Gasteiger partial charge in [-0.15, -0.1) is 0 Å². The summed E-state index contributed by atoms with van der Waals surface area (Å²) in [6.45, 7) is 4.86. The Labute approximate surface area is 144 Å². The first kappa shape index (κ1) is 17.0. The second kappa shape index (κ2) is 7.83. The number of aromatic amines is 1. The van der Waals surface area contributed by atoms with Crippen LogP contribution in [0.25, 0.3) is 10.9 Å². The molecule has 0 amide bonds.